The van der Waals surface area contributed by atoms with Gasteiger partial charge in [-0.15, -0.1) is 0 Å². The summed E-state index contributed by atoms with van der Waals surface area (Å²) in [5, 5.41) is 10.8. The van der Waals surface area contributed by atoms with Gasteiger partial charge in [0.2, 0.25) is 5.82 Å². The molecule has 0 aliphatic carbocycles. The van der Waals surface area contributed by atoms with Crippen molar-refractivity contribution in [3.63, 3.8) is 0 Å². The molecule has 0 saturated heterocycles. The van der Waals surface area contributed by atoms with Gasteiger partial charge in [0.25, 0.3) is 5.69 Å². The molecule has 0 radical (unpaired) electrons. The maximum Gasteiger partial charge on any atom is 0.449 e. The van der Waals surface area contributed by atoms with Crippen molar-refractivity contribution in [2.24, 2.45) is 0 Å². The zero-order valence-corrected chi connectivity index (χ0v) is 10.1. The molecule has 0 atom stereocenters. The number of halogens is 6. The summed E-state index contributed by atoms with van der Waals surface area (Å²) >= 11 is 0. The van der Waals surface area contributed by atoms with Gasteiger partial charge in [0.15, 0.2) is 0 Å². The fourth-order valence-electron chi connectivity index (χ4n) is 1.85. The van der Waals surface area contributed by atoms with E-state index in [1.165, 1.54) is 0 Å². The van der Waals surface area contributed by atoms with Crippen LogP contribution in [0.15, 0.2) is 6.07 Å². The number of nitro benzene ring substituents is 1. The molecule has 1 heterocycles. The number of rotatable bonds is 1. The average Bonchev–Trinajstić information content (AvgIpc) is 2.72. The van der Waals surface area contributed by atoms with Crippen LogP contribution in [-0.2, 0) is 12.4 Å². The van der Waals surface area contributed by atoms with Crippen LogP contribution in [0, 0.1) is 17.0 Å². The number of benzene rings is 1. The maximum atomic E-state index is 12.8. The Labute approximate surface area is 111 Å². The van der Waals surface area contributed by atoms with Crippen LogP contribution < -0.4 is 0 Å². The number of hydrogen-bond acceptors (Lipinski definition) is 3. The molecule has 5 nitrogen and oxygen atoms in total. The third-order valence-electron chi connectivity index (χ3n) is 2.77. The van der Waals surface area contributed by atoms with Crippen molar-refractivity contribution in [1.29, 1.82) is 0 Å². The number of alkyl halides is 6. The number of nitro groups is 1. The largest absolute Gasteiger partial charge is 0.449 e. The molecule has 0 aliphatic rings. The highest BCUT2D eigenvalue weighted by Gasteiger charge is 2.40. The normalized spacial score (nSPS) is 12.9. The van der Waals surface area contributed by atoms with Crippen LogP contribution in [-0.4, -0.2) is 14.9 Å². The highest BCUT2D eigenvalue weighted by Crippen LogP contribution is 2.40. The molecule has 0 saturated carbocycles. The lowest BCUT2D eigenvalue weighted by molar-refractivity contribution is -0.383. The number of non-ortho nitro benzene ring substituents is 1. The van der Waals surface area contributed by atoms with E-state index in [1.54, 1.807) is 4.98 Å². The summed E-state index contributed by atoms with van der Waals surface area (Å²) in [6, 6.07) is 0.190. The zero-order valence-electron chi connectivity index (χ0n) is 10.1. The minimum Gasteiger partial charge on any atom is -0.329 e. The Balaban J connectivity index is 2.90. The Bertz CT molecular complexity index is 731. The van der Waals surface area contributed by atoms with E-state index in [9.17, 15) is 36.5 Å². The molecular weight excluding hydrogens is 308 g/mol. The fraction of sp³-hybridized carbons (Fsp3) is 0.300. The SMILES string of the molecule is Cc1c(C(F)(F)F)cc([N+](=O)[O-])c2[nH]c(C(F)(F)F)nc12. The van der Waals surface area contributed by atoms with Gasteiger partial charge in [-0.25, -0.2) is 4.98 Å². The molecule has 21 heavy (non-hydrogen) atoms. The Kier molecular flexibility index (Phi) is 3.11. The molecule has 1 aromatic carbocycles. The van der Waals surface area contributed by atoms with Gasteiger partial charge in [0, 0.05) is 6.07 Å². The van der Waals surface area contributed by atoms with E-state index in [0.717, 1.165) is 6.92 Å². The molecule has 0 unspecified atom stereocenters. The fourth-order valence-corrected chi connectivity index (χ4v) is 1.85. The molecule has 11 heteroatoms. The number of aromatic nitrogens is 2. The first-order chi connectivity index (χ1) is 9.43. The summed E-state index contributed by atoms with van der Waals surface area (Å²) < 4.78 is 76.0. The lowest BCUT2D eigenvalue weighted by atomic mass is 10.1. The summed E-state index contributed by atoms with van der Waals surface area (Å²) in [7, 11) is 0. The summed E-state index contributed by atoms with van der Waals surface area (Å²) in [6.45, 7) is 0.899. The van der Waals surface area contributed by atoms with E-state index in [1.807, 2.05) is 0 Å². The molecule has 1 N–H and O–H groups in total. The molecular formula is C10H5F6N3O2. The number of nitrogens with zero attached hydrogens (tertiary/aromatic N) is 2. The topological polar surface area (TPSA) is 71.8 Å². The predicted octanol–water partition coefficient (Wildman–Crippen LogP) is 3.82. The lowest BCUT2D eigenvalue weighted by Crippen LogP contribution is -2.09. The van der Waals surface area contributed by atoms with Crippen LogP contribution in [0.25, 0.3) is 11.0 Å². The second-order valence-electron chi connectivity index (χ2n) is 4.13. The third kappa shape index (κ3) is 2.50. The maximum absolute atomic E-state index is 12.8. The van der Waals surface area contributed by atoms with Gasteiger partial charge in [0.05, 0.1) is 16.0 Å². The van der Waals surface area contributed by atoms with E-state index >= 15 is 0 Å². The monoisotopic (exact) mass is 313 g/mol. The van der Waals surface area contributed by atoms with E-state index in [4.69, 9.17) is 0 Å². The van der Waals surface area contributed by atoms with E-state index in [-0.39, 0.29) is 6.07 Å². The number of hydrogen-bond donors (Lipinski definition) is 1. The minimum absolute atomic E-state index is 0.190. The molecule has 0 amide bonds. The summed E-state index contributed by atoms with van der Waals surface area (Å²) in [6.07, 6.45) is -9.90. The van der Waals surface area contributed by atoms with Crippen LogP contribution in [0.2, 0.25) is 0 Å². The Morgan fingerprint density at radius 1 is 1.19 bits per heavy atom. The standard InChI is InChI=1S/C10H5F6N3O2/c1-3-4(9(11,12)13)2-5(19(20)21)7-6(3)17-8(18-7)10(14,15)16/h2H,1H3,(H,17,18). The number of fused-ring (bicyclic) bond motifs is 1. The zero-order chi connectivity index (χ0) is 16.2. The van der Waals surface area contributed by atoms with Gasteiger partial charge in [-0.2, -0.15) is 26.3 Å². The summed E-state index contributed by atoms with van der Waals surface area (Å²) in [5.74, 6) is -1.59. The second kappa shape index (κ2) is 4.33. The summed E-state index contributed by atoms with van der Waals surface area (Å²) in [5.41, 5.74) is -4.57. The number of H-pyrrole nitrogens is 1. The van der Waals surface area contributed by atoms with E-state index < -0.39 is 50.9 Å². The lowest BCUT2D eigenvalue weighted by Gasteiger charge is -2.10. The molecule has 0 fully saturated rings. The highest BCUT2D eigenvalue weighted by atomic mass is 19.4. The van der Waals surface area contributed by atoms with Crippen molar-refractivity contribution in [3.8, 4) is 0 Å². The Morgan fingerprint density at radius 3 is 2.19 bits per heavy atom. The molecule has 2 rings (SSSR count). The molecule has 114 valence electrons. The van der Waals surface area contributed by atoms with Gasteiger partial charge < -0.3 is 4.98 Å². The first kappa shape index (κ1) is 15.1. The van der Waals surface area contributed by atoms with Crippen molar-refractivity contribution in [2.45, 2.75) is 19.3 Å². The summed E-state index contributed by atoms with van der Waals surface area (Å²) in [4.78, 5) is 14.3. The molecule has 0 spiro atoms. The van der Waals surface area contributed by atoms with Crippen LogP contribution in [0.3, 0.4) is 0 Å². The first-order valence-corrected chi connectivity index (χ1v) is 5.25. The van der Waals surface area contributed by atoms with Crippen molar-refractivity contribution in [1.82, 2.24) is 9.97 Å². The van der Waals surface area contributed by atoms with Crippen LogP contribution in [0.1, 0.15) is 17.0 Å². The van der Waals surface area contributed by atoms with Crippen molar-refractivity contribution < 1.29 is 31.3 Å². The Hall–Kier alpha value is -2.33. The van der Waals surface area contributed by atoms with E-state index in [2.05, 4.69) is 4.98 Å². The number of imidazole rings is 1. The molecule has 0 aliphatic heterocycles. The van der Waals surface area contributed by atoms with Crippen molar-refractivity contribution >= 4 is 16.7 Å². The minimum atomic E-state index is -4.96. The highest BCUT2D eigenvalue weighted by molar-refractivity contribution is 5.88. The van der Waals surface area contributed by atoms with Crippen LogP contribution >= 0.6 is 0 Å². The van der Waals surface area contributed by atoms with Gasteiger partial charge in [0.1, 0.15) is 5.52 Å². The smallest absolute Gasteiger partial charge is 0.329 e. The average molecular weight is 313 g/mol. The van der Waals surface area contributed by atoms with Crippen molar-refractivity contribution in [3.05, 3.63) is 33.1 Å². The first-order valence-electron chi connectivity index (χ1n) is 5.25. The molecule has 0 bridgehead atoms. The number of nitrogens with one attached hydrogen (secondary N) is 1. The quantitative estimate of drug-likeness (QED) is 0.494. The van der Waals surface area contributed by atoms with E-state index in [0.29, 0.717) is 0 Å². The van der Waals surface area contributed by atoms with Gasteiger partial charge >= 0.3 is 12.4 Å². The van der Waals surface area contributed by atoms with Crippen LogP contribution in [0.4, 0.5) is 32.0 Å². The Morgan fingerprint density at radius 2 is 1.76 bits per heavy atom. The van der Waals surface area contributed by atoms with Gasteiger partial charge in [-0.05, 0) is 12.5 Å². The van der Waals surface area contributed by atoms with Crippen LogP contribution in [0.5, 0.6) is 0 Å². The molecule has 1 aromatic heterocycles. The molecule has 2 aromatic rings. The number of aromatic amines is 1. The third-order valence-corrected chi connectivity index (χ3v) is 2.77. The van der Waals surface area contributed by atoms with Gasteiger partial charge in [-0.1, -0.05) is 0 Å². The van der Waals surface area contributed by atoms with Crippen molar-refractivity contribution in [2.75, 3.05) is 0 Å². The second-order valence-corrected chi connectivity index (χ2v) is 4.13. The predicted molar refractivity (Wildman–Crippen MR) is 57.5 cm³/mol. The van der Waals surface area contributed by atoms with Gasteiger partial charge in [-0.3, -0.25) is 10.1 Å². The number of aryl methyl sites for hydroxylation is 1.